The van der Waals surface area contributed by atoms with Gasteiger partial charge < -0.3 is 0 Å². The van der Waals surface area contributed by atoms with E-state index >= 15 is 0 Å². The minimum atomic E-state index is -0.946. The molecule has 2 aliphatic carbocycles. The Labute approximate surface area is 200 Å². The Bertz CT molecular complexity index is 1010. The van der Waals surface area contributed by atoms with Gasteiger partial charge in [-0.25, -0.2) is 0 Å². The number of hydrogen-bond acceptors (Lipinski definition) is 0. The van der Waals surface area contributed by atoms with Gasteiger partial charge in [0.2, 0.25) is 0 Å². The second-order valence-electron chi connectivity index (χ2n) is 8.64. The molecule has 0 nitrogen and oxygen atoms in total. The molecule has 1 unspecified atom stereocenters. The predicted octanol–water partition coefficient (Wildman–Crippen LogP) is 8.03. The fourth-order valence-corrected chi connectivity index (χ4v) is 9.87. The van der Waals surface area contributed by atoms with E-state index in [0.717, 1.165) is 0 Å². The largest absolute Gasteiger partial charge is 0.147 e. The summed E-state index contributed by atoms with van der Waals surface area (Å²) in [5.41, 5.74) is 10.7. The van der Waals surface area contributed by atoms with Gasteiger partial charge >= 0.3 is 176 Å². The number of allylic oxidation sites excluding steroid dienone is 5. The molecule has 0 radical (unpaired) electrons. The molecule has 1 atom stereocenters. The molecule has 3 heteroatoms. The molecule has 29 heavy (non-hydrogen) atoms. The Morgan fingerprint density at radius 2 is 1.31 bits per heavy atom. The van der Waals surface area contributed by atoms with Crippen LogP contribution < -0.4 is 0 Å². The summed E-state index contributed by atoms with van der Waals surface area (Å²) in [5.74, 6) is 0. The van der Waals surface area contributed by atoms with Crippen molar-refractivity contribution in [3.63, 3.8) is 0 Å². The SMILES string of the molecule is CC1=C(C)C(C)(C)[C]([Zr][C]2(C)C(c3ccccc3)=Cc3ccccc32)=C1C.Cl.Cl. The summed E-state index contributed by atoms with van der Waals surface area (Å²) in [5, 5.41) is 0. The van der Waals surface area contributed by atoms with Crippen molar-refractivity contribution < 1.29 is 23.2 Å². The van der Waals surface area contributed by atoms with Crippen molar-refractivity contribution in [2.45, 2.75) is 44.7 Å². The van der Waals surface area contributed by atoms with Crippen LogP contribution in [0.4, 0.5) is 0 Å². The molecule has 4 rings (SSSR count). The number of rotatable bonds is 3. The smallest absolute Gasteiger partial charge is 0.147 e. The first kappa shape index (κ1) is 24.4. The zero-order valence-corrected chi connectivity index (χ0v) is 22.2. The van der Waals surface area contributed by atoms with Crippen molar-refractivity contribution >= 4 is 36.5 Å². The maximum atomic E-state index is 2.52. The quantitative estimate of drug-likeness (QED) is 0.397. The molecule has 0 heterocycles. The molecule has 0 spiro atoms. The summed E-state index contributed by atoms with van der Waals surface area (Å²) in [7, 11) is 0. The Balaban J connectivity index is 0.00000150. The van der Waals surface area contributed by atoms with E-state index in [1.54, 1.807) is 14.4 Å². The predicted molar refractivity (Wildman–Crippen MR) is 127 cm³/mol. The van der Waals surface area contributed by atoms with Gasteiger partial charge in [-0.1, -0.05) is 0 Å². The van der Waals surface area contributed by atoms with Crippen LogP contribution in [0.3, 0.4) is 0 Å². The second kappa shape index (κ2) is 8.70. The van der Waals surface area contributed by atoms with Gasteiger partial charge in [-0.3, -0.25) is 0 Å². The molecular weight excluding hydrogens is 474 g/mol. The molecule has 0 bridgehead atoms. The van der Waals surface area contributed by atoms with E-state index in [0.29, 0.717) is 0 Å². The van der Waals surface area contributed by atoms with Gasteiger partial charge in [0.05, 0.1) is 0 Å². The summed E-state index contributed by atoms with van der Waals surface area (Å²) in [6, 6.07) is 20.1. The van der Waals surface area contributed by atoms with Crippen molar-refractivity contribution in [3.8, 4) is 0 Å². The Morgan fingerprint density at radius 3 is 1.90 bits per heavy atom. The van der Waals surface area contributed by atoms with E-state index < -0.39 is 23.2 Å². The molecule has 152 valence electrons. The van der Waals surface area contributed by atoms with Crippen molar-refractivity contribution in [2.75, 3.05) is 0 Å². The van der Waals surface area contributed by atoms with Crippen LogP contribution in [0.1, 0.15) is 58.2 Å². The van der Waals surface area contributed by atoms with Gasteiger partial charge in [-0.15, -0.1) is 24.8 Å². The minimum absolute atomic E-state index is 0. The first-order chi connectivity index (χ1) is 12.8. The normalized spacial score (nSPS) is 21.9. The van der Waals surface area contributed by atoms with E-state index in [4.69, 9.17) is 0 Å². The van der Waals surface area contributed by atoms with E-state index in [1.807, 2.05) is 0 Å². The zero-order valence-electron chi connectivity index (χ0n) is 18.1. The molecule has 0 aliphatic heterocycles. The molecule has 0 saturated heterocycles. The standard InChI is InChI=1S/C16H13.C10H15.2ClH.Zr/c1-12-15-10-6-5-9-14(15)11-16(12)13-7-3-2-4-8-13;1-7-6-10(4,5)9(3)8(7)2;;;/h2-11H,1H3;1-5H3;2*1H;. The van der Waals surface area contributed by atoms with Gasteiger partial charge in [0.1, 0.15) is 0 Å². The molecule has 0 saturated carbocycles. The van der Waals surface area contributed by atoms with E-state index in [1.165, 1.54) is 27.8 Å². The summed E-state index contributed by atoms with van der Waals surface area (Å²) in [6.45, 7) is 14.4. The van der Waals surface area contributed by atoms with Crippen LogP contribution in [0.5, 0.6) is 0 Å². The molecule has 0 fully saturated rings. The second-order valence-corrected chi connectivity index (χ2v) is 12.9. The topological polar surface area (TPSA) is 0 Å². The van der Waals surface area contributed by atoms with Crippen LogP contribution in [0.25, 0.3) is 11.6 Å². The van der Waals surface area contributed by atoms with Crippen molar-refractivity contribution in [2.24, 2.45) is 5.41 Å². The van der Waals surface area contributed by atoms with E-state index in [-0.39, 0.29) is 33.4 Å². The van der Waals surface area contributed by atoms with Crippen LogP contribution in [0.15, 0.2) is 74.6 Å². The monoisotopic (exact) mass is 502 g/mol. The Morgan fingerprint density at radius 1 is 0.724 bits per heavy atom. The Kier molecular flexibility index (Phi) is 7.32. The molecule has 2 aliphatic rings. The number of fused-ring (bicyclic) bond motifs is 1. The van der Waals surface area contributed by atoms with Crippen molar-refractivity contribution in [1.82, 2.24) is 0 Å². The van der Waals surface area contributed by atoms with Crippen LogP contribution in [0, 0.1) is 5.41 Å². The van der Waals surface area contributed by atoms with Gasteiger partial charge in [0.25, 0.3) is 0 Å². The van der Waals surface area contributed by atoms with Gasteiger partial charge in [-0.2, -0.15) is 0 Å². The average Bonchev–Trinajstić information content (AvgIpc) is 3.04. The summed E-state index contributed by atoms with van der Waals surface area (Å²) < 4.78 is 1.93. The van der Waals surface area contributed by atoms with Crippen LogP contribution in [-0.2, 0) is 26.4 Å². The summed E-state index contributed by atoms with van der Waals surface area (Å²) in [6.07, 6.45) is 2.45. The third-order valence-electron chi connectivity index (χ3n) is 6.86. The molecule has 0 aromatic heterocycles. The number of hydrogen-bond donors (Lipinski definition) is 0. The van der Waals surface area contributed by atoms with Crippen LogP contribution in [0.2, 0.25) is 0 Å². The third-order valence-corrected chi connectivity index (χ3v) is 12.5. The maximum Gasteiger partial charge on any atom is -0.147 e. The van der Waals surface area contributed by atoms with Crippen molar-refractivity contribution in [3.05, 3.63) is 91.3 Å². The number of halogens is 2. The molecule has 0 amide bonds. The number of benzene rings is 2. The van der Waals surface area contributed by atoms with Crippen LogP contribution >= 0.6 is 24.8 Å². The van der Waals surface area contributed by atoms with E-state index in [9.17, 15) is 0 Å². The average molecular weight is 505 g/mol. The molecule has 2 aromatic carbocycles. The Hall–Kier alpha value is -0.877. The van der Waals surface area contributed by atoms with Gasteiger partial charge in [0, 0.05) is 0 Å². The van der Waals surface area contributed by atoms with Gasteiger partial charge in [-0.05, 0) is 0 Å². The zero-order chi connectivity index (χ0) is 19.4. The first-order valence-corrected chi connectivity index (χ1v) is 12.3. The summed E-state index contributed by atoms with van der Waals surface area (Å²) in [4.78, 5) is 0. The molecule has 0 N–H and O–H groups in total. The fraction of sp³-hybridized carbons (Fsp3) is 0.308. The fourth-order valence-electron chi connectivity index (χ4n) is 4.74. The third kappa shape index (κ3) is 3.80. The van der Waals surface area contributed by atoms with Crippen molar-refractivity contribution in [1.29, 1.82) is 0 Å². The maximum absolute atomic E-state index is 2.52. The van der Waals surface area contributed by atoms with E-state index in [2.05, 4.69) is 102 Å². The minimum Gasteiger partial charge on any atom is -0.147 e. The van der Waals surface area contributed by atoms with Gasteiger partial charge in [0.15, 0.2) is 0 Å². The first-order valence-electron chi connectivity index (χ1n) is 9.82. The summed E-state index contributed by atoms with van der Waals surface area (Å²) >= 11 is -0.946. The molecule has 2 aromatic rings. The van der Waals surface area contributed by atoms with Crippen LogP contribution in [-0.4, -0.2) is 0 Å². The molecular formula is C26H30Cl2Zr.